The summed E-state index contributed by atoms with van der Waals surface area (Å²) in [4.78, 5) is 23.8. The number of hydrogen-bond donors (Lipinski definition) is 2. The lowest BCUT2D eigenvalue weighted by Gasteiger charge is -2.19. The van der Waals surface area contributed by atoms with Crippen molar-refractivity contribution in [2.45, 2.75) is 39.9 Å². The lowest BCUT2D eigenvalue weighted by atomic mass is 10.1. The summed E-state index contributed by atoms with van der Waals surface area (Å²) >= 11 is 0. The normalized spacial score (nSPS) is 11.8. The molecule has 0 unspecified atom stereocenters. The van der Waals surface area contributed by atoms with Crippen molar-refractivity contribution in [1.29, 1.82) is 0 Å². The molecule has 2 aromatic carbocycles. The van der Waals surface area contributed by atoms with Crippen LogP contribution in [-0.2, 0) is 20.9 Å². The Kier molecular flexibility index (Phi) is 6.46. The first-order valence-corrected chi connectivity index (χ1v) is 8.82. The average molecular weight is 383 g/mol. The summed E-state index contributed by atoms with van der Waals surface area (Å²) in [5, 5.41) is 9.42. The van der Waals surface area contributed by atoms with E-state index in [1.165, 1.54) is 6.08 Å². The summed E-state index contributed by atoms with van der Waals surface area (Å²) < 4.78 is 11.0. The zero-order valence-corrected chi connectivity index (χ0v) is 16.5. The van der Waals surface area contributed by atoms with E-state index in [2.05, 4.69) is 0 Å². The molecule has 3 N–H and O–H groups in total. The van der Waals surface area contributed by atoms with Crippen molar-refractivity contribution in [3.05, 3.63) is 64.7 Å². The minimum Gasteiger partial charge on any atom is -0.487 e. The number of benzene rings is 2. The molecule has 0 aliphatic rings. The summed E-state index contributed by atoms with van der Waals surface area (Å²) in [6.45, 7) is 7.12. The molecular formula is C22H25NO5. The molecule has 0 saturated carbocycles. The maximum atomic E-state index is 12.2. The van der Waals surface area contributed by atoms with Gasteiger partial charge in [0.2, 0.25) is 0 Å². The van der Waals surface area contributed by atoms with Crippen molar-refractivity contribution >= 4 is 23.7 Å². The van der Waals surface area contributed by atoms with E-state index >= 15 is 0 Å². The number of nitrogen functional groups attached to an aromatic ring is 1. The number of carbonyl (C=O) groups excluding carboxylic acids is 1. The van der Waals surface area contributed by atoms with E-state index in [4.69, 9.17) is 15.2 Å². The number of anilines is 1. The van der Waals surface area contributed by atoms with Gasteiger partial charge in [-0.25, -0.2) is 9.59 Å². The van der Waals surface area contributed by atoms with Gasteiger partial charge >= 0.3 is 11.9 Å². The van der Waals surface area contributed by atoms with Gasteiger partial charge in [-0.2, -0.15) is 0 Å². The third kappa shape index (κ3) is 5.87. The minimum atomic E-state index is -1.37. The van der Waals surface area contributed by atoms with Crippen LogP contribution >= 0.6 is 0 Å². The molecule has 0 amide bonds. The number of carboxylic acid groups (broad SMARTS) is 1. The van der Waals surface area contributed by atoms with Gasteiger partial charge < -0.3 is 20.3 Å². The number of aryl methyl sites for hydroxylation is 1. The number of aliphatic carboxylic acids is 1. The highest BCUT2D eigenvalue weighted by Crippen LogP contribution is 2.29. The van der Waals surface area contributed by atoms with Crippen LogP contribution in [0, 0.1) is 6.92 Å². The summed E-state index contributed by atoms with van der Waals surface area (Å²) in [5.74, 6) is -1.85. The highest BCUT2D eigenvalue weighted by Gasteiger charge is 2.24. The largest absolute Gasteiger partial charge is 0.487 e. The van der Waals surface area contributed by atoms with E-state index in [0.717, 1.165) is 5.56 Å². The summed E-state index contributed by atoms with van der Waals surface area (Å²) in [6.07, 6.45) is 1.26. The Morgan fingerprint density at radius 2 is 1.79 bits per heavy atom. The van der Waals surface area contributed by atoms with Crippen LogP contribution in [0.4, 0.5) is 5.69 Å². The van der Waals surface area contributed by atoms with Crippen LogP contribution in [0.2, 0.25) is 0 Å². The van der Waals surface area contributed by atoms with E-state index in [0.29, 0.717) is 29.2 Å². The molecule has 0 aliphatic heterocycles. The number of nitrogens with two attached hydrogens (primary N) is 1. The molecule has 0 aliphatic carbocycles. The van der Waals surface area contributed by atoms with Crippen LogP contribution in [-0.4, -0.2) is 22.6 Å². The van der Waals surface area contributed by atoms with Gasteiger partial charge in [-0.15, -0.1) is 0 Å². The van der Waals surface area contributed by atoms with E-state index in [9.17, 15) is 14.7 Å². The molecule has 2 aromatic rings. The van der Waals surface area contributed by atoms with Crippen molar-refractivity contribution in [3.8, 4) is 5.75 Å². The van der Waals surface area contributed by atoms with Crippen molar-refractivity contribution in [2.24, 2.45) is 0 Å². The van der Waals surface area contributed by atoms with Crippen LogP contribution in [0.3, 0.4) is 0 Å². The first kappa shape index (κ1) is 21.0. The number of carbonyl (C=O) groups is 2. The van der Waals surface area contributed by atoms with Gasteiger partial charge in [-0.3, -0.25) is 0 Å². The molecule has 148 valence electrons. The lowest BCUT2D eigenvalue weighted by Crippen LogP contribution is -2.27. The predicted molar refractivity (Wildman–Crippen MR) is 108 cm³/mol. The quantitative estimate of drug-likeness (QED) is 0.257. The fraction of sp³-hybridized carbons (Fsp3) is 0.273. The second kappa shape index (κ2) is 8.61. The summed E-state index contributed by atoms with van der Waals surface area (Å²) in [6, 6.07) is 12.9. The summed E-state index contributed by atoms with van der Waals surface area (Å²) in [7, 11) is 0. The topological polar surface area (TPSA) is 98.8 Å². The standard InChI is InChI=1S/C22H25NO5/c1-14-10-16(11-17(20(24)25)21(26)28-22(2,3)4)12-18(19(14)23)27-13-15-8-6-5-7-9-15/h5-12H,13,23H2,1-4H3,(H,24,25). The maximum Gasteiger partial charge on any atom is 0.346 e. The Labute approximate surface area is 164 Å². The van der Waals surface area contributed by atoms with Gasteiger partial charge in [0, 0.05) is 0 Å². The molecule has 28 heavy (non-hydrogen) atoms. The number of ether oxygens (including phenoxy) is 2. The van der Waals surface area contributed by atoms with Gasteiger partial charge in [0.1, 0.15) is 23.5 Å². The number of hydrogen-bond acceptors (Lipinski definition) is 5. The fourth-order valence-electron chi connectivity index (χ4n) is 2.44. The Bertz CT molecular complexity index is 895. The van der Waals surface area contributed by atoms with Gasteiger partial charge in [0.05, 0.1) is 5.69 Å². The molecule has 6 nitrogen and oxygen atoms in total. The predicted octanol–water partition coefficient (Wildman–Crippen LogP) is 3.97. The van der Waals surface area contributed by atoms with Crippen molar-refractivity contribution < 1.29 is 24.2 Å². The van der Waals surface area contributed by atoms with E-state index in [-0.39, 0.29) is 0 Å². The second-order valence-electron chi connectivity index (χ2n) is 7.39. The molecule has 2 rings (SSSR count). The van der Waals surface area contributed by atoms with Gasteiger partial charge in [-0.1, -0.05) is 30.3 Å². The molecule has 0 aromatic heterocycles. The molecule has 0 spiro atoms. The molecular weight excluding hydrogens is 358 g/mol. The van der Waals surface area contributed by atoms with Crippen molar-refractivity contribution in [1.82, 2.24) is 0 Å². The first-order chi connectivity index (χ1) is 13.1. The summed E-state index contributed by atoms with van der Waals surface area (Å²) in [5.41, 5.74) is 7.46. The van der Waals surface area contributed by atoms with Crippen LogP contribution in [0.5, 0.6) is 5.75 Å². The smallest absolute Gasteiger partial charge is 0.346 e. The van der Waals surface area contributed by atoms with Crippen molar-refractivity contribution in [3.63, 3.8) is 0 Å². The van der Waals surface area contributed by atoms with Crippen LogP contribution in [0.15, 0.2) is 48.0 Å². The van der Waals surface area contributed by atoms with E-state index in [1.54, 1.807) is 39.8 Å². The molecule has 0 saturated heterocycles. The Hall–Kier alpha value is -3.28. The Morgan fingerprint density at radius 3 is 2.36 bits per heavy atom. The maximum absolute atomic E-state index is 12.2. The molecule has 0 bridgehead atoms. The fourth-order valence-corrected chi connectivity index (χ4v) is 2.44. The van der Waals surface area contributed by atoms with Crippen LogP contribution < -0.4 is 10.5 Å². The van der Waals surface area contributed by atoms with Crippen LogP contribution in [0.25, 0.3) is 6.08 Å². The van der Waals surface area contributed by atoms with E-state index in [1.807, 2.05) is 30.3 Å². The molecule has 6 heteroatoms. The molecule has 0 atom stereocenters. The third-order valence-electron chi connectivity index (χ3n) is 3.77. The highest BCUT2D eigenvalue weighted by molar-refractivity contribution is 6.17. The van der Waals surface area contributed by atoms with Crippen LogP contribution in [0.1, 0.15) is 37.5 Å². The Balaban J connectivity index is 2.33. The average Bonchev–Trinajstić information content (AvgIpc) is 2.60. The van der Waals surface area contributed by atoms with Crippen molar-refractivity contribution in [2.75, 3.05) is 5.73 Å². The zero-order chi connectivity index (χ0) is 20.9. The van der Waals surface area contributed by atoms with Gasteiger partial charge in [-0.05, 0) is 62.6 Å². The minimum absolute atomic E-state index is 0.315. The number of rotatable bonds is 6. The highest BCUT2D eigenvalue weighted by atomic mass is 16.6. The second-order valence-corrected chi connectivity index (χ2v) is 7.39. The third-order valence-corrected chi connectivity index (χ3v) is 3.77. The molecule has 0 heterocycles. The lowest BCUT2D eigenvalue weighted by molar-refractivity contribution is -0.152. The monoisotopic (exact) mass is 383 g/mol. The molecule has 0 radical (unpaired) electrons. The SMILES string of the molecule is Cc1cc(C=C(C(=O)O)C(=O)OC(C)(C)C)cc(OCc2ccccc2)c1N. The van der Waals surface area contributed by atoms with Gasteiger partial charge in [0.25, 0.3) is 0 Å². The number of esters is 1. The Morgan fingerprint density at radius 1 is 1.14 bits per heavy atom. The van der Waals surface area contributed by atoms with E-state index < -0.39 is 23.1 Å². The molecule has 0 fully saturated rings. The van der Waals surface area contributed by atoms with Gasteiger partial charge in [0.15, 0.2) is 0 Å². The number of carboxylic acids is 1. The zero-order valence-electron chi connectivity index (χ0n) is 16.5. The first-order valence-electron chi connectivity index (χ1n) is 8.82.